The first-order valence-electron chi connectivity index (χ1n) is 8.41. The Kier molecular flexibility index (Phi) is 8.53. The largest absolute Gasteiger partial charge is 0.466 e. The maximum Gasteiger partial charge on any atom is 0.302 e. The minimum Gasteiger partial charge on any atom is -0.466 e. The van der Waals surface area contributed by atoms with Gasteiger partial charge >= 0.3 is 5.97 Å². The van der Waals surface area contributed by atoms with Gasteiger partial charge in [-0.2, -0.15) is 0 Å². The molecule has 0 heterocycles. The Morgan fingerprint density at radius 2 is 1.31 bits per heavy atom. The fourth-order valence-corrected chi connectivity index (χ4v) is 5.55. The van der Waals surface area contributed by atoms with Crippen molar-refractivity contribution >= 4 is 45.7 Å². The van der Waals surface area contributed by atoms with E-state index in [0.717, 1.165) is 0 Å². The van der Waals surface area contributed by atoms with E-state index in [1.54, 1.807) is 6.92 Å². The second kappa shape index (κ2) is 10.9. The minimum atomic E-state index is -0.514. The molecule has 0 N–H and O–H groups in total. The molecular formula is C22H22BrO2P. The lowest BCUT2D eigenvalue weighted by atomic mass is 10.4. The Labute approximate surface area is 165 Å². The van der Waals surface area contributed by atoms with E-state index < -0.39 is 7.92 Å². The molecule has 0 aliphatic carbocycles. The van der Waals surface area contributed by atoms with Crippen LogP contribution < -0.4 is 15.9 Å². The van der Waals surface area contributed by atoms with E-state index in [0.29, 0.717) is 6.61 Å². The molecule has 4 heteroatoms. The predicted molar refractivity (Wildman–Crippen MR) is 115 cm³/mol. The Hall–Kier alpha value is -1.96. The molecule has 0 aliphatic heterocycles. The highest BCUT2D eigenvalue weighted by atomic mass is 79.9. The number of ether oxygens (including phenoxy) is 1. The molecule has 0 saturated heterocycles. The van der Waals surface area contributed by atoms with E-state index in [2.05, 4.69) is 106 Å². The second-order valence-corrected chi connectivity index (χ2v) is 8.42. The van der Waals surface area contributed by atoms with Gasteiger partial charge in [0.25, 0.3) is 0 Å². The first kappa shape index (κ1) is 20.4. The molecule has 0 bridgehead atoms. The third-order valence-corrected chi connectivity index (χ3v) is 6.97. The molecule has 2 nitrogen and oxygen atoms in total. The van der Waals surface area contributed by atoms with Crippen LogP contribution in [-0.4, -0.2) is 12.6 Å². The molecule has 0 spiro atoms. The molecule has 134 valence electrons. The zero-order chi connectivity index (χ0) is 18.8. The summed E-state index contributed by atoms with van der Waals surface area (Å²) in [5.41, 5.74) is 0. The van der Waals surface area contributed by atoms with Gasteiger partial charge in [-0.15, -0.1) is 0 Å². The Balaban J connectivity index is 0.000000352. The molecule has 3 rings (SSSR count). The first-order valence-corrected chi connectivity index (χ1v) is 10.5. The quantitative estimate of drug-likeness (QED) is 0.441. The maximum absolute atomic E-state index is 9.82. The number of rotatable bonds is 4. The molecule has 0 aromatic heterocycles. The molecule has 0 aliphatic rings. The van der Waals surface area contributed by atoms with E-state index >= 15 is 0 Å². The van der Waals surface area contributed by atoms with Crippen LogP contribution in [0.3, 0.4) is 0 Å². The Morgan fingerprint density at radius 3 is 1.69 bits per heavy atom. The lowest BCUT2D eigenvalue weighted by molar-refractivity contribution is -0.140. The van der Waals surface area contributed by atoms with Gasteiger partial charge in [-0.1, -0.05) is 94.8 Å². The SMILES string of the molecule is Brc1ccccc1P(c1ccccc1)c1ccccc1.CCOC(C)=O. The van der Waals surface area contributed by atoms with Crippen molar-refractivity contribution in [1.29, 1.82) is 0 Å². The van der Waals surface area contributed by atoms with Crippen LogP contribution in [0.25, 0.3) is 0 Å². The van der Waals surface area contributed by atoms with Gasteiger partial charge in [-0.3, -0.25) is 4.79 Å². The van der Waals surface area contributed by atoms with Gasteiger partial charge in [-0.05, 0) is 36.8 Å². The van der Waals surface area contributed by atoms with Crippen molar-refractivity contribution in [3.05, 3.63) is 89.4 Å². The Bertz CT molecular complexity index is 767. The summed E-state index contributed by atoms with van der Waals surface area (Å²) in [6, 6.07) is 30.0. The van der Waals surface area contributed by atoms with Crippen molar-refractivity contribution in [2.45, 2.75) is 13.8 Å². The zero-order valence-corrected chi connectivity index (χ0v) is 17.4. The fraction of sp³-hybridized carbons (Fsp3) is 0.136. The third-order valence-electron chi connectivity index (χ3n) is 3.47. The summed E-state index contributed by atoms with van der Waals surface area (Å²) < 4.78 is 5.58. The van der Waals surface area contributed by atoms with E-state index in [4.69, 9.17) is 0 Å². The van der Waals surface area contributed by atoms with Gasteiger partial charge in [0.1, 0.15) is 0 Å². The molecule has 0 amide bonds. The highest BCUT2D eigenvalue weighted by molar-refractivity contribution is 9.10. The van der Waals surface area contributed by atoms with Crippen LogP contribution in [0.4, 0.5) is 0 Å². The van der Waals surface area contributed by atoms with Gasteiger partial charge in [-0.25, -0.2) is 0 Å². The molecule has 3 aromatic carbocycles. The average molecular weight is 429 g/mol. The first-order chi connectivity index (χ1) is 12.6. The molecule has 0 fully saturated rings. The second-order valence-electron chi connectivity index (χ2n) is 5.38. The molecule has 0 radical (unpaired) electrons. The summed E-state index contributed by atoms with van der Waals surface area (Å²) >= 11 is 3.71. The number of carbonyl (C=O) groups is 1. The smallest absolute Gasteiger partial charge is 0.302 e. The van der Waals surface area contributed by atoms with Crippen LogP contribution in [0.2, 0.25) is 0 Å². The fourth-order valence-electron chi connectivity index (χ4n) is 2.42. The standard InChI is InChI=1S/C18H14BrP.C4H8O2/c19-17-13-7-8-14-18(17)20(15-9-3-1-4-10-15)16-11-5-2-6-12-16;1-3-6-4(2)5/h1-14H;3H2,1-2H3. The van der Waals surface area contributed by atoms with Crippen molar-refractivity contribution < 1.29 is 9.53 Å². The highest BCUT2D eigenvalue weighted by Gasteiger charge is 2.17. The van der Waals surface area contributed by atoms with Crippen molar-refractivity contribution in [2.24, 2.45) is 0 Å². The van der Waals surface area contributed by atoms with Crippen LogP contribution in [0.1, 0.15) is 13.8 Å². The lowest BCUT2D eigenvalue weighted by Crippen LogP contribution is -2.21. The molecule has 3 aromatic rings. The third kappa shape index (κ3) is 6.09. The van der Waals surface area contributed by atoms with Gasteiger partial charge in [0.2, 0.25) is 0 Å². The van der Waals surface area contributed by atoms with Crippen LogP contribution in [0.15, 0.2) is 89.4 Å². The summed E-state index contributed by atoms with van der Waals surface area (Å²) in [6.07, 6.45) is 0. The van der Waals surface area contributed by atoms with Gasteiger partial charge in [0.05, 0.1) is 6.61 Å². The van der Waals surface area contributed by atoms with E-state index in [1.165, 1.54) is 27.3 Å². The number of esters is 1. The van der Waals surface area contributed by atoms with Gasteiger partial charge < -0.3 is 4.74 Å². The summed E-state index contributed by atoms with van der Waals surface area (Å²) in [6.45, 7) is 3.65. The number of hydrogen-bond acceptors (Lipinski definition) is 2. The molecular weight excluding hydrogens is 407 g/mol. The van der Waals surface area contributed by atoms with Crippen LogP contribution in [0.5, 0.6) is 0 Å². The highest BCUT2D eigenvalue weighted by Crippen LogP contribution is 2.35. The normalized spacial score (nSPS) is 10.0. The molecule has 0 unspecified atom stereocenters. The zero-order valence-electron chi connectivity index (χ0n) is 14.9. The molecule has 0 atom stereocenters. The lowest BCUT2D eigenvalue weighted by Gasteiger charge is -2.20. The number of halogens is 1. The molecule has 26 heavy (non-hydrogen) atoms. The summed E-state index contributed by atoms with van der Waals surface area (Å²) in [4.78, 5) is 9.82. The average Bonchev–Trinajstić information content (AvgIpc) is 2.66. The van der Waals surface area contributed by atoms with Gasteiger partial charge in [0, 0.05) is 11.4 Å². The number of carbonyl (C=O) groups excluding carboxylic acids is 1. The van der Waals surface area contributed by atoms with E-state index in [-0.39, 0.29) is 5.97 Å². The summed E-state index contributed by atoms with van der Waals surface area (Å²) in [5.74, 6) is -0.211. The topological polar surface area (TPSA) is 26.3 Å². The van der Waals surface area contributed by atoms with Crippen molar-refractivity contribution in [3.8, 4) is 0 Å². The number of hydrogen-bond donors (Lipinski definition) is 0. The predicted octanol–water partition coefficient (Wildman–Crippen LogP) is 4.78. The van der Waals surface area contributed by atoms with Crippen molar-refractivity contribution in [2.75, 3.05) is 6.61 Å². The monoisotopic (exact) mass is 428 g/mol. The maximum atomic E-state index is 9.82. The summed E-state index contributed by atoms with van der Waals surface area (Å²) in [5, 5.41) is 4.11. The van der Waals surface area contributed by atoms with Crippen LogP contribution in [-0.2, 0) is 9.53 Å². The van der Waals surface area contributed by atoms with Crippen molar-refractivity contribution in [3.63, 3.8) is 0 Å². The van der Waals surface area contributed by atoms with E-state index in [1.807, 2.05) is 0 Å². The summed E-state index contributed by atoms with van der Waals surface area (Å²) in [7, 11) is -0.514. The number of benzene rings is 3. The Morgan fingerprint density at radius 1 is 0.846 bits per heavy atom. The van der Waals surface area contributed by atoms with Crippen LogP contribution >= 0.6 is 23.9 Å². The van der Waals surface area contributed by atoms with Gasteiger partial charge in [0.15, 0.2) is 0 Å². The minimum absolute atomic E-state index is 0.211. The van der Waals surface area contributed by atoms with E-state index in [9.17, 15) is 4.79 Å². The van der Waals surface area contributed by atoms with Crippen LogP contribution in [0, 0.1) is 0 Å². The van der Waals surface area contributed by atoms with Crippen molar-refractivity contribution in [1.82, 2.24) is 0 Å². The molecule has 0 saturated carbocycles.